The average molecular weight is 278 g/mol. The molecule has 0 aromatic carbocycles. The highest BCUT2D eigenvalue weighted by atomic mass is 16.2. The Bertz CT molecular complexity index is 489. The first-order chi connectivity index (χ1) is 9.63. The molecule has 0 saturated carbocycles. The van der Waals surface area contributed by atoms with Crippen molar-refractivity contribution in [2.24, 2.45) is 5.73 Å². The van der Waals surface area contributed by atoms with Crippen LogP contribution in [0.15, 0.2) is 12.1 Å². The van der Waals surface area contributed by atoms with Crippen molar-refractivity contribution in [1.29, 1.82) is 0 Å². The van der Waals surface area contributed by atoms with E-state index in [0.29, 0.717) is 25.5 Å². The second-order valence-electron chi connectivity index (χ2n) is 4.45. The maximum atomic E-state index is 11.6. The van der Waals surface area contributed by atoms with Crippen LogP contribution in [0.2, 0.25) is 0 Å². The van der Waals surface area contributed by atoms with Crippen molar-refractivity contribution in [2.75, 3.05) is 31.1 Å². The fourth-order valence-corrected chi connectivity index (χ4v) is 2.08. The average Bonchev–Trinajstić information content (AvgIpc) is 2.47. The minimum absolute atomic E-state index is 0.251. The standard InChI is InChI=1S/C12H18N6O2/c1-2-15-12(20)8-3-4-10(17-16-8)18-6-5-14-7-9(18)11(13)19/h3-4,9,14H,2,5-7H2,1H3,(H2,13,19)(H,15,20). The maximum Gasteiger partial charge on any atom is 0.271 e. The molecule has 1 saturated heterocycles. The van der Waals surface area contributed by atoms with E-state index in [-0.39, 0.29) is 11.6 Å². The Kier molecular flexibility index (Phi) is 4.46. The molecule has 1 unspecified atom stereocenters. The number of anilines is 1. The van der Waals surface area contributed by atoms with Crippen LogP contribution in [0.3, 0.4) is 0 Å². The molecule has 2 rings (SSSR count). The molecule has 8 nitrogen and oxygen atoms in total. The Morgan fingerprint density at radius 1 is 1.50 bits per heavy atom. The van der Waals surface area contributed by atoms with Gasteiger partial charge in [0.1, 0.15) is 6.04 Å². The number of nitrogens with two attached hydrogens (primary N) is 1. The maximum absolute atomic E-state index is 11.6. The molecule has 4 N–H and O–H groups in total. The highest BCUT2D eigenvalue weighted by molar-refractivity contribution is 5.92. The quantitative estimate of drug-likeness (QED) is 0.617. The Morgan fingerprint density at radius 3 is 2.90 bits per heavy atom. The molecule has 1 aliphatic heterocycles. The number of hydrogen-bond acceptors (Lipinski definition) is 6. The van der Waals surface area contributed by atoms with E-state index in [9.17, 15) is 9.59 Å². The normalized spacial score (nSPS) is 18.6. The molecule has 1 fully saturated rings. The van der Waals surface area contributed by atoms with Crippen LogP contribution < -0.4 is 21.3 Å². The third-order valence-electron chi connectivity index (χ3n) is 3.09. The number of rotatable bonds is 4. The molecule has 0 aliphatic carbocycles. The number of hydrogen-bond donors (Lipinski definition) is 3. The highest BCUT2D eigenvalue weighted by Crippen LogP contribution is 2.14. The summed E-state index contributed by atoms with van der Waals surface area (Å²) < 4.78 is 0. The van der Waals surface area contributed by atoms with Crippen molar-refractivity contribution in [3.8, 4) is 0 Å². The Labute approximate surface area is 116 Å². The van der Waals surface area contributed by atoms with Gasteiger partial charge in [0, 0.05) is 26.2 Å². The smallest absolute Gasteiger partial charge is 0.271 e. The molecule has 1 aromatic heterocycles. The molecule has 1 atom stereocenters. The molecule has 108 valence electrons. The Hall–Kier alpha value is -2.22. The molecule has 8 heteroatoms. The van der Waals surface area contributed by atoms with Crippen molar-refractivity contribution < 1.29 is 9.59 Å². The van der Waals surface area contributed by atoms with Gasteiger partial charge in [-0.15, -0.1) is 10.2 Å². The van der Waals surface area contributed by atoms with Crippen molar-refractivity contribution in [2.45, 2.75) is 13.0 Å². The van der Waals surface area contributed by atoms with E-state index in [2.05, 4.69) is 20.8 Å². The summed E-state index contributed by atoms with van der Waals surface area (Å²) in [5.74, 6) is -0.131. The SMILES string of the molecule is CCNC(=O)c1ccc(N2CCNCC2C(N)=O)nn1. The van der Waals surface area contributed by atoms with Crippen molar-refractivity contribution in [3.05, 3.63) is 17.8 Å². The fraction of sp³-hybridized carbons (Fsp3) is 0.500. The zero-order valence-electron chi connectivity index (χ0n) is 11.3. The number of primary amides is 1. The van der Waals surface area contributed by atoms with Gasteiger partial charge in [-0.1, -0.05) is 0 Å². The first-order valence-electron chi connectivity index (χ1n) is 6.52. The summed E-state index contributed by atoms with van der Waals surface area (Å²) in [5.41, 5.74) is 5.63. The lowest BCUT2D eigenvalue weighted by molar-refractivity contribution is -0.119. The number of piperazine rings is 1. The second-order valence-corrected chi connectivity index (χ2v) is 4.45. The molecule has 2 amide bonds. The van der Waals surface area contributed by atoms with E-state index in [1.807, 2.05) is 6.92 Å². The molecule has 0 spiro atoms. The van der Waals surface area contributed by atoms with Gasteiger partial charge < -0.3 is 21.3 Å². The lowest BCUT2D eigenvalue weighted by Gasteiger charge is -2.34. The van der Waals surface area contributed by atoms with Gasteiger partial charge in [-0.3, -0.25) is 9.59 Å². The van der Waals surface area contributed by atoms with Gasteiger partial charge in [-0.05, 0) is 19.1 Å². The molecular weight excluding hydrogens is 260 g/mol. The van der Waals surface area contributed by atoms with Gasteiger partial charge in [0.15, 0.2) is 11.5 Å². The zero-order valence-corrected chi connectivity index (χ0v) is 11.3. The summed E-state index contributed by atoms with van der Waals surface area (Å²) in [6.07, 6.45) is 0. The van der Waals surface area contributed by atoms with Gasteiger partial charge in [0.25, 0.3) is 5.91 Å². The molecule has 0 bridgehead atoms. The van der Waals surface area contributed by atoms with E-state index in [1.54, 1.807) is 17.0 Å². The first-order valence-corrected chi connectivity index (χ1v) is 6.52. The third kappa shape index (κ3) is 3.02. The molecule has 2 heterocycles. The van der Waals surface area contributed by atoms with Gasteiger partial charge in [-0.2, -0.15) is 0 Å². The molecule has 20 heavy (non-hydrogen) atoms. The van der Waals surface area contributed by atoms with E-state index in [1.165, 1.54) is 0 Å². The summed E-state index contributed by atoms with van der Waals surface area (Å²) in [5, 5.41) is 13.7. The van der Waals surface area contributed by atoms with Crippen LogP contribution in [0.5, 0.6) is 0 Å². The van der Waals surface area contributed by atoms with Crippen LogP contribution in [0.1, 0.15) is 17.4 Å². The second kappa shape index (κ2) is 6.29. The number of carbonyl (C=O) groups excluding carboxylic acids is 2. The van der Waals surface area contributed by atoms with E-state index < -0.39 is 11.9 Å². The van der Waals surface area contributed by atoms with Gasteiger partial charge >= 0.3 is 0 Å². The first kappa shape index (κ1) is 14.2. The number of carbonyl (C=O) groups is 2. The monoisotopic (exact) mass is 278 g/mol. The van der Waals surface area contributed by atoms with Crippen LogP contribution in [-0.2, 0) is 4.79 Å². The summed E-state index contributed by atoms with van der Waals surface area (Å²) in [6.45, 7) is 4.20. The minimum atomic E-state index is -0.451. The molecule has 1 aliphatic rings. The van der Waals surface area contributed by atoms with Crippen LogP contribution in [0, 0.1) is 0 Å². The van der Waals surface area contributed by atoms with Crippen molar-refractivity contribution in [1.82, 2.24) is 20.8 Å². The number of aromatic nitrogens is 2. The van der Waals surface area contributed by atoms with Crippen molar-refractivity contribution in [3.63, 3.8) is 0 Å². The van der Waals surface area contributed by atoms with Crippen LogP contribution in [0.4, 0.5) is 5.82 Å². The van der Waals surface area contributed by atoms with Crippen LogP contribution >= 0.6 is 0 Å². The number of nitrogens with zero attached hydrogens (tertiary/aromatic N) is 3. The predicted octanol–water partition coefficient (Wildman–Crippen LogP) is -1.51. The zero-order chi connectivity index (χ0) is 14.5. The summed E-state index contributed by atoms with van der Waals surface area (Å²) >= 11 is 0. The fourth-order valence-electron chi connectivity index (χ4n) is 2.08. The van der Waals surface area contributed by atoms with E-state index in [4.69, 9.17) is 5.73 Å². The van der Waals surface area contributed by atoms with E-state index >= 15 is 0 Å². The van der Waals surface area contributed by atoms with Gasteiger partial charge in [0.05, 0.1) is 0 Å². The van der Waals surface area contributed by atoms with E-state index in [0.717, 1.165) is 6.54 Å². The highest BCUT2D eigenvalue weighted by Gasteiger charge is 2.28. The number of nitrogens with one attached hydrogen (secondary N) is 2. The van der Waals surface area contributed by atoms with Gasteiger partial charge in [0.2, 0.25) is 5.91 Å². The van der Waals surface area contributed by atoms with Gasteiger partial charge in [-0.25, -0.2) is 0 Å². The Balaban J connectivity index is 2.15. The lowest BCUT2D eigenvalue weighted by atomic mass is 10.2. The summed E-state index contributed by atoms with van der Waals surface area (Å²) in [7, 11) is 0. The third-order valence-corrected chi connectivity index (χ3v) is 3.09. The molecular formula is C12H18N6O2. The Morgan fingerprint density at radius 2 is 2.30 bits per heavy atom. The van der Waals surface area contributed by atoms with Crippen LogP contribution in [0.25, 0.3) is 0 Å². The minimum Gasteiger partial charge on any atom is -0.368 e. The topological polar surface area (TPSA) is 113 Å². The summed E-state index contributed by atoms with van der Waals surface area (Å²) in [4.78, 5) is 24.8. The summed E-state index contributed by atoms with van der Waals surface area (Å²) in [6, 6.07) is 2.82. The number of amides is 2. The largest absolute Gasteiger partial charge is 0.368 e. The predicted molar refractivity (Wildman–Crippen MR) is 73.2 cm³/mol. The molecule has 0 radical (unpaired) electrons. The van der Waals surface area contributed by atoms with Crippen LogP contribution in [-0.4, -0.2) is 54.2 Å². The lowest BCUT2D eigenvalue weighted by Crippen LogP contribution is -2.57. The van der Waals surface area contributed by atoms with Crippen molar-refractivity contribution >= 4 is 17.6 Å². The molecule has 1 aromatic rings.